The van der Waals surface area contributed by atoms with Crippen molar-refractivity contribution in [1.29, 1.82) is 0 Å². The summed E-state index contributed by atoms with van der Waals surface area (Å²) in [6.45, 7) is 10.6. The lowest BCUT2D eigenvalue weighted by Gasteiger charge is -2.38. The third-order valence-electron chi connectivity index (χ3n) is 2.54. The van der Waals surface area contributed by atoms with E-state index in [4.69, 9.17) is 0 Å². The molecule has 0 atom stereocenters. The topological polar surface area (TPSA) is 16.1 Å². The lowest BCUT2D eigenvalue weighted by molar-refractivity contribution is 0.297. The van der Waals surface area contributed by atoms with Crippen LogP contribution in [0.2, 0.25) is 0 Å². The monoisotopic (exact) mass is 200 g/mol. The Balaban J connectivity index is 2.46. The molecule has 1 aliphatic heterocycles. The van der Waals surface area contributed by atoms with Gasteiger partial charge in [-0.25, -0.2) is 0 Å². The van der Waals surface area contributed by atoms with Gasteiger partial charge in [0.1, 0.15) is 0 Å². The molecule has 2 heteroatoms. The first-order valence-corrected chi connectivity index (χ1v) is 5.12. The summed E-state index contributed by atoms with van der Waals surface area (Å²) >= 11 is 0. The molecular formula is C13H16N2. The summed E-state index contributed by atoms with van der Waals surface area (Å²) in [4.78, 5) is 6.49. The zero-order valence-electron chi connectivity index (χ0n) is 9.49. The van der Waals surface area contributed by atoms with Crippen LogP contribution in [0, 0.1) is 0 Å². The first-order chi connectivity index (χ1) is 7.00. The maximum atomic E-state index is 4.31. The van der Waals surface area contributed by atoms with Crippen molar-refractivity contribution in [3.63, 3.8) is 0 Å². The molecule has 1 aromatic rings. The van der Waals surface area contributed by atoms with Gasteiger partial charge in [-0.05, 0) is 39.0 Å². The SMILES string of the molecule is C=C1c2cccnc2C=CN1C(C)(C)C. The average molecular weight is 200 g/mol. The van der Waals surface area contributed by atoms with Crippen molar-refractivity contribution < 1.29 is 0 Å². The number of fused-ring (bicyclic) bond motifs is 1. The minimum Gasteiger partial charge on any atom is -0.343 e. The van der Waals surface area contributed by atoms with E-state index in [1.807, 2.05) is 18.3 Å². The summed E-state index contributed by atoms with van der Waals surface area (Å²) in [6, 6.07) is 4.01. The Morgan fingerprint density at radius 3 is 2.73 bits per heavy atom. The number of hydrogen-bond donors (Lipinski definition) is 0. The first kappa shape index (κ1) is 9.97. The van der Waals surface area contributed by atoms with Crippen LogP contribution in [-0.2, 0) is 0 Å². The Morgan fingerprint density at radius 2 is 2.07 bits per heavy atom. The van der Waals surface area contributed by atoms with Crippen molar-refractivity contribution in [2.45, 2.75) is 26.3 Å². The first-order valence-electron chi connectivity index (χ1n) is 5.12. The van der Waals surface area contributed by atoms with Crippen LogP contribution in [0.15, 0.2) is 31.1 Å². The highest BCUT2D eigenvalue weighted by atomic mass is 15.2. The predicted octanol–water partition coefficient (Wildman–Crippen LogP) is 3.14. The molecule has 0 aromatic carbocycles. The van der Waals surface area contributed by atoms with Crippen LogP contribution in [0.5, 0.6) is 0 Å². The molecule has 0 saturated heterocycles. The zero-order valence-corrected chi connectivity index (χ0v) is 9.49. The molecule has 1 aliphatic rings. The van der Waals surface area contributed by atoms with Gasteiger partial charge in [0.05, 0.1) is 5.69 Å². The van der Waals surface area contributed by atoms with E-state index in [9.17, 15) is 0 Å². The smallest absolute Gasteiger partial charge is 0.0737 e. The molecule has 2 heterocycles. The Kier molecular flexibility index (Phi) is 2.14. The van der Waals surface area contributed by atoms with Gasteiger partial charge in [-0.3, -0.25) is 4.98 Å². The van der Waals surface area contributed by atoms with Gasteiger partial charge >= 0.3 is 0 Å². The second-order valence-corrected chi connectivity index (χ2v) is 4.74. The van der Waals surface area contributed by atoms with Crippen LogP contribution in [0.25, 0.3) is 11.8 Å². The molecule has 2 nitrogen and oxygen atoms in total. The normalized spacial score (nSPS) is 15.4. The second kappa shape index (κ2) is 3.23. The molecule has 0 aliphatic carbocycles. The van der Waals surface area contributed by atoms with E-state index >= 15 is 0 Å². The molecule has 2 rings (SSSR count). The van der Waals surface area contributed by atoms with Gasteiger partial charge in [-0.15, -0.1) is 0 Å². The molecule has 1 aromatic heterocycles. The maximum absolute atomic E-state index is 4.31. The molecule has 0 N–H and O–H groups in total. The van der Waals surface area contributed by atoms with Crippen LogP contribution in [0.3, 0.4) is 0 Å². The fraction of sp³-hybridized carbons (Fsp3) is 0.308. The van der Waals surface area contributed by atoms with Gasteiger partial charge in [0.15, 0.2) is 0 Å². The number of hydrogen-bond acceptors (Lipinski definition) is 2. The largest absolute Gasteiger partial charge is 0.343 e. The highest BCUT2D eigenvalue weighted by molar-refractivity contribution is 5.74. The molecule has 78 valence electrons. The fourth-order valence-electron chi connectivity index (χ4n) is 1.79. The summed E-state index contributed by atoms with van der Waals surface area (Å²) in [5.41, 5.74) is 3.20. The van der Waals surface area contributed by atoms with Crippen molar-refractivity contribution in [3.8, 4) is 0 Å². The summed E-state index contributed by atoms with van der Waals surface area (Å²) < 4.78 is 0. The van der Waals surface area contributed by atoms with Crippen LogP contribution >= 0.6 is 0 Å². The van der Waals surface area contributed by atoms with Gasteiger partial charge < -0.3 is 4.90 Å². The van der Waals surface area contributed by atoms with Gasteiger partial charge in [-0.1, -0.05) is 6.58 Å². The molecule has 0 bridgehead atoms. The van der Waals surface area contributed by atoms with E-state index in [0.717, 1.165) is 17.0 Å². The van der Waals surface area contributed by atoms with Crippen molar-refractivity contribution in [3.05, 3.63) is 42.4 Å². The van der Waals surface area contributed by atoms with Gasteiger partial charge in [0, 0.05) is 29.2 Å². The zero-order chi connectivity index (χ0) is 11.1. The molecular weight excluding hydrogens is 184 g/mol. The number of pyridine rings is 1. The molecule has 0 radical (unpaired) electrons. The number of aromatic nitrogens is 1. The van der Waals surface area contributed by atoms with Crippen molar-refractivity contribution in [1.82, 2.24) is 9.88 Å². The third-order valence-corrected chi connectivity index (χ3v) is 2.54. The molecule has 0 unspecified atom stereocenters. The van der Waals surface area contributed by atoms with E-state index in [2.05, 4.69) is 49.5 Å². The van der Waals surface area contributed by atoms with E-state index in [1.165, 1.54) is 0 Å². The predicted molar refractivity (Wildman–Crippen MR) is 63.9 cm³/mol. The van der Waals surface area contributed by atoms with E-state index < -0.39 is 0 Å². The maximum Gasteiger partial charge on any atom is 0.0737 e. The Morgan fingerprint density at radius 1 is 1.33 bits per heavy atom. The third kappa shape index (κ3) is 1.67. The highest BCUT2D eigenvalue weighted by Crippen LogP contribution is 2.31. The van der Waals surface area contributed by atoms with Crippen LogP contribution in [0.1, 0.15) is 32.0 Å². The minimum absolute atomic E-state index is 0.0567. The van der Waals surface area contributed by atoms with Gasteiger partial charge in [0.2, 0.25) is 0 Å². The van der Waals surface area contributed by atoms with Gasteiger partial charge in [0.25, 0.3) is 0 Å². The molecule has 15 heavy (non-hydrogen) atoms. The fourth-order valence-corrected chi connectivity index (χ4v) is 1.79. The van der Waals surface area contributed by atoms with E-state index in [1.54, 1.807) is 0 Å². The summed E-state index contributed by atoms with van der Waals surface area (Å²) in [5.74, 6) is 0. The lowest BCUT2D eigenvalue weighted by atomic mass is 9.99. The summed E-state index contributed by atoms with van der Waals surface area (Å²) in [7, 11) is 0. The van der Waals surface area contributed by atoms with Gasteiger partial charge in [-0.2, -0.15) is 0 Å². The average Bonchev–Trinajstić information content (AvgIpc) is 2.16. The second-order valence-electron chi connectivity index (χ2n) is 4.74. The van der Waals surface area contributed by atoms with Crippen LogP contribution in [0.4, 0.5) is 0 Å². The molecule has 0 saturated carbocycles. The molecule has 0 amide bonds. The number of nitrogens with zero attached hydrogens (tertiary/aromatic N) is 2. The summed E-state index contributed by atoms with van der Waals surface area (Å²) in [5, 5.41) is 0. The highest BCUT2D eigenvalue weighted by Gasteiger charge is 2.24. The summed E-state index contributed by atoms with van der Waals surface area (Å²) in [6.07, 6.45) is 5.90. The van der Waals surface area contributed by atoms with Crippen LogP contribution < -0.4 is 0 Å². The Labute approximate surface area is 90.9 Å². The quantitative estimate of drug-likeness (QED) is 0.639. The molecule has 0 fully saturated rings. The number of rotatable bonds is 0. The lowest BCUT2D eigenvalue weighted by Crippen LogP contribution is -2.36. The van der Waals surface area contributed by atoms with Crippen molar-refractivity contribution in [2.24, 2.45) is 0 Å². The van der Waals surface area contributed by atoms with Crippen LogP contribution in [-0.4, -0.2) is 15.4 Å². The minimum atomic E-state index is 0.0567. The van der Waals surface area contributed by atoms with E-state index in [-0.39, 0.29) is 5.54 Å². The standard InChI is InChI=1S/C13H16N2/c1-10-11-6-5-8-14-12(11)7-9-15(10)13(2,3)4/h5-9H,1H2,2-4H3. The Bertz CT molecular complexity index is 424. The van der Waals surface area contributed by atoms with E-state index in [0.29, 0.717) is 0 Å². The van der Waals surface area contributed by atoms with Crippen molar-refractivity contribution >= 4 is 11.8 Å². The Hall–Kier alpha value is -1.57. The molecule has 0 spiro atoms. The van der Waals surface area contributed by atoms with Crippen molar-refractivity contribution in [2.75, 3.05) is 0 Å².